The predicted molar refractivity (Wildman–Crippen MR) is 89.9 cm³/mol. The van der Waals surface area contributed by atoms with Crippen molar-refractivity contribution >= 4 is 33.4 Å². The summed E-state index contributed by atoms with van der Waals surface area (Å²) < 4.78 is 11.1. The van der Waals surface area contributed by atoms with Gasteiger partial charge in [0.1, 0.15) is 11.5 Å². The van der Waals surface area contributed by atoms with Gasteiger partial charge in [-0.05, 0) is 46.3 Å². The highest BCUT2D eigenvalue weighted by atomic mass is 79.9. The number of hydrogen-bond acceptors (Lipinski definition) is 3. The third kappa shape index (κ3) is 3.93. The van der Waals surface area contributed by atoms with Gasteiger partial charge in [0.05, 0.1) is 19.8 Å². The van der Waals surface area contributed by atoms with E-state index in [9.17, 15) is 4.79 Å². The van der Waals surface area contributed by atoms with Crippen molar-refractivity contribution in [3.8, 4) is 11.5 Å². The molecule has 1 amide bonds. The maximum atomic E-state index is 12.2. The Morgan fingerprint density at radius 1 is 1.18 bits per heavy atom. The molecule has 0 radical (unpaired) electrons. The summed E-state index contributed by atoms with van der Waals surface area (Å²) in [5, 5.41) is 3.36. The first-order valence-electron chi connectivity index (χ1n) is 6.49. The number of nitrogens with one attached hydrogen (secondary N) is 1. The van der Waals surface area contributed by atoms with Gasteiger partial charge in [0, 0.05) is 27.7 Å². The Kier molecular flexibility index (Phi) is 5.69. The molecule has 116 valence electrons. The fraction of sp³-hybridized carbons (Fsp3) is 0.188. The van der Waals surface area contributed by atoms with Gasteiger partial charge in [-0.25, -0.2) is 0 Å². The number of hydrogen-bond donors (Lipinski definition) is 1. The van der Waals surface area contributed by atoms with Crippen LogP contribution < -0.4 is 14.8 Å². The highest BCUT2D eigenvalue weighted by molar-refractivity contribution is 9.10. The smallest absolute Gasteiger partial charge is 0.252 e. The lowest BCUT2D eigenvalue weighted by Gasteiger charge is -2.12. The number of carbonyl (C=O) groups excluding carboxylic acids is 1. The molecule has 2 aromatic rings. The number of carbonyl (C=O) groups is 1. The van der Waals surface area contributed by atoms with E-state index in [4.69, 9.17) is 21.1 Å². The Bertz CT molecular complexity index is 691. The van der Waals surface area contributed by atoms with Gasteiger partial charge in [-0.15, -0.1) is 0 Å². The second kappa shape index (κ2) is 7.51. The van der Waals surface area contributed by atoms with Gasteiger partial charge in [-0.2, -0.15) is 0 Å². The van der Waals surface area contributed by atoms with Crippen LogP contribution in [-0.4, -0.2) is 20.1 Å². The number of benzene rings is 2. The number of amides is 1. The molecular formula is C16H15BrClNO3. The van der Waals surface area contributed by atoms with Crippen LogP contribution >= 0.6 is 27.5 Å². The lowest BCUT2D eigenvalue weighted by molar-refractivity contribution is 0.0950. The van der Waals surface area contributed by atoms with E-state index in [1.54, 1.807) is 38.5 Å². The van der Waals surface area contributed by atoms with Crippen LogP contribution in [0.4, 0.5) is 0 Å². The van der Waals surface area contributed by atoms with E-state index < -0.39 is 0 Å². The molecule has 0 saturated heterocycles. The summed E-state index contributed by atoms with van der Waals surface area (Å²) in [7, 11) is 3.17. The fourth-order valence-electron chi connectivity index (χ4n) is 1.94. The van der Waals surface area contributed by atoms with Crippen molar-refractivity contribution < 1.29 is 14.3 Å². The first-order chi connectivity index (χ1) is 10.5. The van der Waals surface area contributed by atoms with E-state index in [1.807, 2.05) is 12.1 Å². The van der Waals surface area contributed by atoms with Crippen molar-refractivity contribution in [3.63, 3.8) is 0 Å². The predicted octanol–water partition coefficient (Wildman–Crippen LogP) is 4.05. The Balaban J connectivity index is 2.12. The first kappa shape index (κ1) is 16.6. The molecule has 0 aliphatic rings. The molecule has 0 aliphatic carbocycles. The van der Waals surface area contributed by atoms with Crippen LogP contribution in [0.5, 0.6) is 11.5 Å². The van der Waals surface area contributed by atoms with Gasteiger partial charge in [-0.1, -0.05) is 11.6 Å². The van der Waals surface area contributed by atoms with Gasteiger partial charge in [-0.3, -0.25) is 4.79 Å². The van der Waals surface area contributed by atoms with E-state index in [0.29, 0.717) is 33.1 Å². The molecule has 2 aromatic carbocycles. The lowest BCUT2D eigenvalue weighted by Crippen LogP contribution is -2.23. The molecule has 0 aromatic heterocycles. The first-order valence-corrected chi connectivity index (χ1v) is 7.66. The van der Waals surface area contributed by atoms with Gasteiger partial charge in [0.2, 0.25) is 0 Å². The summed E-state index contributed by atoms with van der Waals surface area (Å²) in [6.07, 6.45) is 0. The molecule has 22 heavy (non-hydrogen) atoms. The quantitative estimate of drug-likeness (QED) is 0.846. The monoisotopic (exact) mass is 383 g/mol. The van der Waals surface area contributed by atoms with Crippen LogP contribution in [0.15, 0.2) is 40.9 Å². The SMILES string of the molecule is COc1ccc(CNC(=O)c2cc(Cl)ccc2Br)c(OC)c1. The molecule has 0 unspecified atom stereocenters. The molecule has 2 rings (SSSR count). The van der Waals surface area contributed by atoms with Crippen molar-refractivity contribution in [3.05, 3.63) is 57.0 Å². The van der Waals surface area contributed by atoms with Crippen molar-refractivity contribution in [2.45, 2.75) is 6.54 Å². The van der Waals surface area contributed by atoms with Crippen LogP contribution in [-0.2, 0) is 6.54 Å². The molecule has 4 nitrogen and oxygen atoms in total. The third-order valence-electron chi connectivity index (χ3n) is 3.11. The van der Waals surface area contributed by atoms with Gasteiger partial charge in [0.25, 0.3) is 5.91 Å². The molecular weight excluding hydrogens is 370 g/mol. The highest BCUT2D eigenvalue weighted by Crippen LogP contribution is 2.25. The number of ether oxygens (including phenoxy) is 2. The van der Waals surface area contributed by atoms with Crippen molar-refractivity contribution in [2.24, 2.45) is 0 Å². The van der Waals surface area contributed by atoms with E-state index >= 15 is 0 Å². The van der Waals surface area contributed by atoms with Crippen LogP contribution in [0.3, 0.4) is 0 Å². The highest BCUT2D eigenvalue weighted by Gasteiger charge is 2.12. The van der Waals surface area contributed by atoms with Crippen LogP contribution in [0.2, 0.25) is 5.02 Å². The minimum atomic E-state index is -0.216. The van der Waals surface area contributed by atoms with Gasteiger partial charge < -0.3 is 14.8 Å². The van der Waals surface area contributed by atoms with Gasteiger partial charge >= 0.3 is 0 Å². The average Bonchev–Trinajstić information content (AvgIpc) is 2.54. The van der Waals surface area contributed by atoms with Crippen molar-refractivity contribution in [1.29, 1.82) is 0 Å². The summed E-state index contributed by atoms with van der Waals surface area (Å²) in [6, 6.07) is 10.5. The largest absolute Gasteiger partial charge is 0.497 e. The molecule has 0 saturated carbocycles. The Labute approximate surface area is 142 Å². The topological polar surface area (TPSA) is 47.6 Å². The summed E-state index contributed by atoms with van der Waals surface area (Å²) in [5.41, 5.74) is 1.34. The van der Waals surface area contributed by atoms with Crippen LogP contribution in [0, 0.1) is 0 Å². The molecule has 0 bridgehead atoms. The fourth-order valence-corrected chi connectivity index (χ4v) is 2.54. The van der Waals surface area contributed by atoms with Crippen molar-refractivity contribution in [1.82, 2.24) is 5.32 Å². The third-order valence-corrected chi connectivity index (χ3v) is 4.03. The molecule has 0 aliphatic heterocycles. The molecule has 0 fully saturated rings. The molecule has 0 heterocycles. The van der Waals surface area contributed by atoms with E-state index in [1.165, 1.54) is 0 Å². The zero-order valence-electron chi connectivity index (χ0n) is 12.2. The number of rotatable bonds is 5. The number of halogens is 2. The molecule has 0 spiro atoms. The van der Waals surface area contributed by atoms with Gasteiger partial charge in [0.15, 0.2) is 0 Å². The van der Waals surface area contributed by atoms with E-state index in [0.717, 1.165) is 5.56 Å². The molecule has 6 heteroatoms. The standard InChI is InChI=1S/C16H15BrClNO3/c1-21-12-5-3-10(15(8-12)22-2)9-19-16(20)13-7-11(18)4-6-14(13)17/h3-8H,9H2,1-2H3,(H,19,20). The number of methoxy groups -OCH3 is 2. The summed E-state index contributed by atoms with van der Waals surface area (Å²) in [4.78, 5) is 12.2. The zero-order valence-corrected chi connectivity index (χ0v) is 14.5. The zero-order chi connectivity index (χ0) is 16.1. The average molecular weight is 385 g/mol. The summed E-state index contributed by atoms with van der Waals surface area (Å²) in [5.74, 6) is 1.14. The Morgan fingerprint density at radius 2 is 1.95 bits per heavy atom. The lowest BCUT2D eigenvalue weighted by atomic mass is 10.1. The molecule has 1 N–H and O–H groups in total. The summed E-state index contributed by atoms with van der Waals surface area (Å²) >= 11 is 9.27. The maximum absolute atomic E-state index is 12.2. The van der Waals surface area contributed by atoms with Crippen molar-refractivity contribution in [2.75, 3.05) is 14.2 Å². The summed E-state index contributed by atoms with van der Waals surface area (Å²) in [6.45, 7) is 0.338. The normalized spacial score (nSPS) is 10.2. The van der Waals surface area contributed by atoms with E-state index in [-0.39, 0.29) is 5.91 Å². The maximum Gasteiger partial charge on any atom is 0.252 e. The van der Waals surface area contributed by atoms with Crippen LogP contribution in [0.1, 0.15) is 15.9 Å². The van der Waals surface area contributed by atoms with E-state index in [2.05, 4.69) is 21.2 Å². The van der Waals surface area contributed by atoms with Crippen LogP contribution in [0.25, 0.3) is 0 Å². The minimum Gasteiger partial charge on any atom is -0.497 e. The second-order valence-corrected chi connectivity index (χ2v) is 5.78. The second-order valence-electron chi connectivity index (χ2n) is 4.48. The Morgan fingerprint density at radius 3 is 2.64 bits per heavy atom. The Hall–Kier alpha value is -1.72. The molecule has 0 atom stereocenters. The minimum absolute atomic E-state index is 0.216.